The molecule has 0 aliphatic heterocycles. The van der Waals surface area contributed by atoms with Crippen molar-refractivity contribution in [2.45, 2.75) is 27.0 Å². The van der Waals surface area contributed by atoms with Gasteiger partial charge >= 0.3 is 12.3 Å². The van der Waals surface area contributed by atoms with Crippen LogP contribution in [-0.4, -0.2) is 25.9 Å². The fourth-order valence-corrected chi connectivity index (χ4v) is 2.96. The van der Waals surface area contributed by atoms with E-state index in [0.717, 1.165) is 16.1 Å². The Morgan fingerprint density at radius 1 is 1.25 bits per heavy atom. The van der Waals surface area contributed by atoms with E-state index in [1.165, 1.54) is 39.0 Å². The maximum absolute atomic E-state index is 12.4. The Balaban J connectivity index is 1.80. The van der Waals surface area contributed by atoms with E-state index in [-0.39, 0.29) is 18.0 Å². The normalized spacial score (nSPS) is 11.2. The van der Waals surface area contributed by atoms with Gasteiger partial charge in [-0.25, -0.2) is 19.0 Å². The number of rotatable bonds is 5. The van der Waals surface area contributed by atoms with E-state index in [9.17, 15) is 13.6 Å². The van der Waals surface area contributed by atoms with Gasteiger partial charge in [-0.15, -0.1) is 11.3 Å². The average Bonchev–Trinajstić information content (AvgIpc) is 3.04. The Morgan fingerprint density at radius 3 is 2.54 bits per heavy atom. The monoisotopic (exact) mass is 352 g/mol. The highest BCUT2D eigenvalue weighted by atomic mass is 32.1. The van der Waals surface area contributed by atoms with Crippen LogP contribution >= 0.6 is 11.3 Å². The fourth-order valence-electron chi connectivity index (χ4n) is 2.08. The third kappa shape index (κ3) is 3.35. The minimum absolute atomic E-state index is 0.0698. The molecule has 2 heterocycles. The molecule has 0 saturated carbocycles. The molecule has 0 spiro atoms. The third-order valence-electron chi connectivity index (χ3n) is 3.44. The number of hydrogen-bond donors (Lipinski definition) is 0. The quantitative estimate of drug-likeness (QED) is 0.708. The lowest BCUT2D eigenvalue weighted by atomic mass is 10.2. The first-order valence-electron chi connectivity index (χ1n) is 7.06. The predicted molar refractivity (Wildman–Crippen MR) is 85.1 cm³/mol. The molecule has 0 N–H and O–H groups in total. The molecular formula is C15H14F2N4O2S. The number of ether oxygens (including phenoxy) is 1. The lowest BCUT2D eigenvalue weighted by Crippen LogP contribution is -2.24. The van der Waals surface area contributed by atoms with Crippen LogP contribution in [0.4, 0.5) is 8.78 Å². The highest BCUT2D eigenvalue weighted by molar-refractivity contribution is 7.14. The molecule has 6 nitrogen and oxygen atoms in total. The van der Waals surface area contributed by atoms with Gasteiger partial charge in [-0.3, -0.25) is 0 Å². The first-order chi connectivity index (χ1) is 11.4. The van der Waals surface area contributed by atoms with E-state index in [2.05, 4.69) is 14.8 Å². The number of halogens is 2. The molecule has 0 radical (unpaired) electrons. The molecule has 0 aliphatic carbocycles. The van der Waals surface area contributed by atoms with Crippen LogP contribution in [-0.2, 0) is 6.54 Å². The van der Waals surface area contributed by atoms with Crippen LogP contribution in [0.2, 0.25) is 0 Å². The zero-order chi connectivity index (χ0) is 17.3. The molecule has 126 valence electrons. The number of hydrogen-bond acceptors (Lipinski definition) is 5. The molecule has 0 unspecified atom stereocenters. The zero-order valence-corrected chi connectivity index (χ0v) is 13.8. The number of alkyl halides is 2. The summed E-state index contributed by atoms with van der Waals surface area (Å²) in [6.45, 7) is 1.19. The van der Waals surface area contributed by atoms with Crippen molar-refractivity contribution in [2.24, 2.45) is 0 Å². The Kier molecular flexibility index (Phi) is 4.43. The van der Waals surface area contributed by atoms with Crippen LogP contribution in [0, 0.1) is 13.8 Å². The van der Waals surface area contributed by atoms with E-state index in [0.29, 0.717) is 5.13 Å². The second-order valence-corrected chi connectivity index (χ2v) is 6.28. The molecule has 0 bridgehead atoms. The van der Waals surface area contributed by atoms with Crippen molar-refractivity contribution in [3.63, 3.8) is 0 Å². The first kappa shape index (κ1) is 16.3. The summed E-state index contributed by atoms with van der Waals surface area (Å²) in [5, 5.41) is 4.65. The molecule has 0 aliphatic rings. The summed E-state index contributed by atoms with van der Waals surface area (Å²) >= 11 is 1.42. The first-order valence-corrected chi connectivity index (χ1v) is 7.88. The van der Waals surface area contributed by atoms with Crippen LogP contribution < -0.4 is 10.4 Å². The van der Waals surface area contributed by atoms with Crippen molar-refractivity contribution in [2.75, 3.05) is 0 Å². The summed E-state index contributed by atoms with van der Waals surface area (Å²) < 4.78 is 31.2. The highest BCUT2D eigenvalue weighted by Gasteiger charge is 2.12. The van der Waals surface area contributed by atoms with E-state index in [1.54, 1.807) is 12.1 Å². The van der Waals surface area contributed by atoms with Gasteiger partial charge in [0.2, 0.25) is 0 Å². The average molecular weight is 352 g/mol. The van der Waals surface area contributed by atoms with Crippen molar-refractivity contribution < 1.29 is 13.5 Å². The predicted octanol–water partition coefficient (Wildman–Crippen LogP) is 2.76. The fraction of sp³-hybridized carbons (Fsp3) is 0.267. The van der Waals surface area contributed by atoms with Crippen molar-refractivity contribution in [3.05, 3.63) is 57.2 Å². The highest BCUT2D eigenvalue weighted by Crippen LogP contribution is 2.19. The summed E-state index contributed by atoms with van der Waals surface area (Å²) in [4.78, 5) is 17.8. The lowest BCUT2D eigenvalue weighted by Gasteiger charge is -2.05. The van der Waals surface area contributed by atoms with Crippen molar-refractivity contribution in [1.29, 1.82) is 0 Å². The van der Waals surface area contributed by atoms with Gasteiger partial charge in [0.15, 0.2) is 5.13 Å². The topological polar surface area (TPSA) is 61.9 Å². The number of benzene rings is 1. The van der Waals surface area contributed by atoms with Crippen molar-refractivity contribution in [1.82, 2.24) is 19.3 Å². The number of aryl methyl sites for hydroxylation is 2. The molecule has 0 saturated heterocycles. The van der Waals surface area contributed by atoms with E-state index in [1.807, 2.05) is 13.8 Å². The lowest BCUT2D eigenvalue weighted by molar-refractivity contribution is -0.0498. The van der Waals surface area contributed by atoms with E-state index >= 15 is 0 Å². The van der Waals surface area contributed by atoms with Gasteiger partial charge in [-0.2, -0.15) is 13.9 Å². The minimum atomic E-state index is -2.86. The second kappa shape index (κ2) is 6.52. The second-order valence-electron chi connectivity index (χ2n) is 5.10. The van der Waals surface area contributed by atoms with Crippen molar-refractivity contribution in [3.8, 4) is 10.9 Å². The van der Waals surface area contributed by atoms with Crippen LogP contribution in [0.25, 0.3) is 5.13 Å². The Morgan fingerprint density at radius 2 is 1.96 bits per heavy atom. The SMILES string of the molecule is Cc1nc(-n2cnn(Cc3ccc(OC(F)F)cc3)c2=O)sc1C. The van der Waals surface area contributed by atoms with Crippen LogP contribution in [0.1, 0.15) is 16.1 Å². The molecule has 24 heavy (non-hydrogen) atoms. The zero-order valence-electron chi connectivity index (χ0n) is 12.9. The van der Waals surface area contributed by atoms with Gasteiger partial charge in [-0.05, 0) is 31.5 Å². The molecule has 0 amide bonds. The molecule has 1 aromatic carbocycles. The summed E-state index contributed by atoms with van der Waals surface area (Å²) in [6.07, 6.45) is 1.42. The standard InChI is InChI=1S/C15H14F2N4O2S/c1-9-10(2)24-14(19-9)20-8-18-21(15(20)22)7-11-3-5-12(6-4-11)23-13(16)17/h3-6,8,13H,7H2,1-2H3. The smallest absolute Gasteiger partial charge is 0.387 e. The van der Waals surface area contributed by atoms with Gasteiger partial charge in [0.25, 0.3) is 0 Å². The minimum Gasteiger partial charge on any atom is -0.435 e. The summed E-state index contributed by atoms with van der Waals surface area (Å²) in [6, 6.07) is 6.08. The maximum atomic E-state index is 12.4. The molecular weight excluding hydrogens is 338 g/mol. The van der Waals surface area contributed by atoms with E-state index < -0.39 is 6.61 Å². The Bertz CT molecular complexity index is 880. The molecule has 0 atom stereocenters. The van der Waals surface area contributed by atoms with Crippen LogP contribution in [0.5, 0.6) is 5.75 Å². The van der Waals surface area contributed by atoms with Crippen LogP contribution in [0.3, 0.4) is 0 Å². The molecule has 3 aromatic rings. The number of aromatic nitrogens is 4. The van der Waals surface area contributed by atoms with Gasteiger partial charge in [-0.1, -0.05) is 12.1 Å². The Labute approximate surface area is 140 Å². The molecule has 2 aromatic heterocycles. The van der Waals surface area contributed by atoms with E-state index in [4.69, 9.17) is 0 Å². The summed E-state index contributed by atoms with van der Waals surface area (Å²) in [7, 11) is 0. The summed E-state index contributed by atoms with van der Waals surface area (Å²) in [5.41, 5.74) is 1.32. The van der Waals surface area contributed by atoms with Gasteiger partial charge < -0.3 is 4.74 Å². The van der Waals surface area contributed by atoms with Gasteiger partial charge in [0, 0.05) is 4.88 Å². The largest absolute Gasteiger partial charge is 0.435 e. The number of nitrogens with zero attached hydrogens (tertiary/aromatic N) is 4. The third-order valence-corrected chi connectivity index (χ3v) is 4.51. The maximum Gasteiger partial charge on any atom is 0.387 e. The van der Waals surface area contributed by atoms with Crippen LogP contribution in [0.15, 0.2) is 35.4 Å². The molecule has 0 fully saturated rings. The Hall–Kier alpha value is -2.55. The van der Waals surface area contributed by atoms with Gasteiger partial charge in [0.05, 0.1) is 12.2 Å². The number of thiazole rings is 1. The molecule has 9 heteroatoms. The summed E-state index contributed by atoms with van der Waals surface area (Å²) in [5.74, 6) is 0.0698. The van der Waals surface area contributed by atoms with Gasteiger partial charge in [0.1, 0.15) is 12.1 Å². The molecule has 3 rings (SSSR count). The van der Waals surface area contributed by atoms with Crippen molar-refractivity contribution >= 4 is 11.3 Å².